The van der Waals surface area contributed by atoms with Crippen LogP contribution in [0.25, 0.3) is 0 Å². The Morgan fingerprint density at radius 1 is 1.17 bits per heavy atom. The SMILES string of the molecule is CCNc1ncnc(NC(C)(C)C(C)(C)O)c1C. The van der Waals surface area contributed by atoms with E-state index in [1.165, 1.54) is 6.33 Å². The molecule has 3 N–H and O–H groups in total. The molecule has 102 valence electrons. The Bertz CT molecular complexity index is 410. The number of anilines is 2. The summed E-state index contributed by atoms with van der Waals surface area (Å²) in [5, 5.41) is 16.6. The summed E-state index contributed by atoms with van der Waals surface area (Å²) in [4.78, 5) is 8.44. The highest BCUT2D eigenvalue weighted by Crippen LogP contribution is 2.27. The van der Waals surface area contributed by atoms with Crippen molar-refractivity contribution >= 4 is 11.6 Å². The summed E-state index contributed by atoms with van der Waals surface area (Å²) in [5.74, 6) is 1.56. The molecule has 1 rings (SSSR count). The van der Waals surface area contributed by atoms with Gasteiger partial charge in [0, 0.05) is 12.1 Å². The maximum Gasteiger partial charge on any atom is 0.134 e. The first-order valence-electron chi connectivity index (χ1n) is 6.25. The molecule has 5 nitrogen and oxygen atoms in total. The van der Waals surface area contributed by atoms with E-state index in [-0.39, 0.29) is 0 Å². The summed E-state index contributed by atoms with van der Waals surface area (Å²) in [7, 11) is 0. The van der Waals surface area contributed by atoms with Gasteiger partial charge in [0.15, 0.2) is 0 Å². The van der Waals surface area contributed by atoms with E-state index in [0.717, 1.165) is 23.7 Å². The van der Waals surface area contributed by atoms with Crippen LogP contribution >= 0.6 is 0 Å². The third-order valence-electron chi connectivity index (χ3n) is 3.39. The molecule has 0 radical (unpaired) electrons. The number of nitrogens with one attached hydrogen (secondary N) is 2. The van der Waals surface area contributed by atoms with Crippen molar-refractivity contribution in [3.8, 4) is 0 Å². The molecular weight excluding hydrogens is 228 g/mol. The molecule has 0 aliphatic rings. The molecule has 0 bridgehead atoms. The van der Waals surface area contributed by atoms with Gasteiger partial charge in [-0.1, -0.05) is 0 Å². The number of rotatable bonds is 5. The van der Waals surface area contributed by atoms with Crippen molar-refractivity contribution in [3.63, 3.8) is 0 Å². The van der Waals surface area contributed by atoms with Gasteiger partial charge >= 0.3 is 0 Å². The van der Waals surface area contributed by atoms with E-state index in [1.54, 1.807) is 13.8 Å². The Morgan fingerprint density at radius 2 is 1.72 bits per heavy atom. The van der Waals surface area contributed by atoms with Gasteiger partial charge in [-0.25, -0.2) is 9.97 Å². The number of aromatic nitrogens is 2. The molecule has 1 heterocycles. The van der Waals surface area contributed by atoms with E-state index >= 15 is 0 Å². The van der Waals surface area contributed by atoms with Gasteiger partial charge in [-0.05, 0) is 41.5 Å². The van der Waals surface area contributed by atoms with Gasteiger partial charge in [-0.3, -0.25) is 0 Å². The number of nitrogens with zero attached hydrogens (tertiary/aromatic N) is 2. The lowest BCUT2D eigenvalue weighted by Gasteiger charge is -2.38. The Morgan fingerprint density at radius 3 is 2.22 bits per heavy atom. The first kappa shape index (κ1) is 14.7. The van der Waals surface area contributed by atoms with Gasteiger partial charge in [0.05, 0.1) is 11.1 Å². The Hall–Kier alpha value is -1.36. The fourth-order valence-electron chi connectivity index (χ4n) is 1.37. The van der Waals surface area contributed by atoms with Crippen molar-refractivity contribution < 1.29 is 5.11 Å². The van der Waals surface area contributed by atoms with Crippen molar-refractivity contribution in [1.29, 1.82) is 0 Å². The van der Waals surface area contributed by atoms with Crippen LogP contribution in [-0.4, -0.2) is 32.8 Å². The second kappa shape index (κ2) is 5.10. The van der Waals surface area contributed by atoms with Crippen LogP contribution in [0.15, 0.2) is 6.33 Å². The summed E-state index contributed by atoms with van der Waals surface area (Å²) in [6.45, 7) is 12.2. The lowest BCUT2D eigenvalue weighted by molar-refractivity contribution is 0.0238. The van der Waals surface area contributed by atoms with Crippen molar-refractivity contribution in [2.75, 3.05) is 17.2 Å². The maximum absolute atomic E-state index is 10.1. The molecule has 0 aliphatic heterocycles. The third-order valence-corrected chi connectivity index (χ3v) is 3.39. The fraction of sp³-hybridized carbons (Fsp3) is 0.692. The lowest BCUT2D eigenvalue weighted by atomic mass is 9.86. The molecule has 1 aromatic heterocycles. The summed E-state index contributed by atoms with van der Waals surface area (Å²) in [5.41, 5.74) is -0.394. The van der Waals surface area contributed by atoms with E-state index in [2.05, 4.69) is 20.6 Å². The molecule has 0 spiro atoms. The first-order chi connectivity index (χ1) is 8.19. The van der Waals surface area contributed by atoms with Crippen LogP contribution in [0.1, 0.15) is 40.2 Å². The van der Waals surface area contributed by atoms with Gasteiger partial charge in [-0.2, -0.15) is 0 Å². The second-order valence-electron chi connectivity index (χ2n) is 5.54. The largest absolute Gasteiger partial charge is 0.388 e. The predicted octanol–water partition coefficient (Wildman–Crippen LogP) is 2.18. The van der Waals surface area contributed by atoms with Gasteiger partial charge < -0.3 is 15.7 Å². The summed E-state index contributed by atoms with van der Waals surface area (Å²) in [6.07, 6.45) is 1.52. The molecular formula is C13H24N4O. The van der Waals surface area contributed by atoms with Crippen LogP contribution in [0.5, 0.6) is 0 Å². The molecule has 0 saturated heterocycles. The number of hydrogen-bond donors (Lipinski definition) is 3. The number of aliphatic hydroxyl groups is 1. The highest BCUT2D eigenvalue weighted by atomic mass is 16.3. The highest BCUT2D eigenvalue weighted by molar-refractivity contribution is 5.57. The first-order valence-corrected chi connectivity index (χ1v) is 6.25. The third kappa shape index (κ3) is 3.10. The van der Waals surface area contributed by atoms with E-state index in [1.807, 2.05) is 27.7 Å². The van der Waals surface area contributed by atoms with Crippen molar-refractivity contribution in [2.24, 2.45) is 0 Å². The normalized spacial score (nSPS) is 12.4. The highest BCUT2D eigenvalue weighted by Gasteiger charge is 2.35. The lowest BCUT2D eigenvalue weighted by Crippen LogP contribution is -2.51. The zero-order valence-electron chi connectivity index (χ0n) is 12.1. The van der Waals surface area contributed by atoms with Gasteiger partial charge in [0.2, 0.25) is 0 Å². The minimum Gasteiger partial charge on any atom is -0.388 e. The fourth-order valence-corrected chi connectivity index (χ4v) is 1.37. The average molecular weight is 252 g/mol. The summed E-state index contributed by atoms with van der Waals surface area (Å²) < 4.78 is 0. The zero-order valence-corrected chi connectivity index (χ0v) is 12.1. The van der Waals surface area contributed by atoms with Crippen LogP contribution in [-0.2, 0) is 0 Å². The van der Waals surface area contributed by atoms with Crippen molar-refractivity contribution in [3.05, 3.63) is 11.9 Å². The van der Waals surface area contributed by atoms with E-state index in [0.29, 0.717) is 0 Å². The van der Waals surface area contributed by atoms with E-state index < -0.39 is 11.1 Å². The van der Waals surface area contributed by atoms with Gasteiger partial charge in [-0.15, -0.1) is 0 Å². The molecule has 0 fully saturated rings. The van der Waals surface area contributed by atoms with Crippen LogP contribution in [0, 0.1) is 6.92 Å². The quantitative estimate of drug-likeness (QED) is 0.749. The van der Waals surface area contributed by atoms with Crippen LogP contribution in [0.2, 0.25) is 0 Å². The molecule has 1 aromatic rings. The molecule has 0 amide bonds. The molecule has 0 atom stereocenters. The van der Waals surface area contributed by atoms with Crippen molar-refractivity contribution in [1.82, 2.24) is 9.97 Å². The van der Waals surface area contributed by atoms with Gasteiger partial charge in [0.1, 0.15) is 18.0 Å². The second-order valence-corrected chi connectivity index (χ2v) is 5.54. The van der Waals surface area contributed by atoms with E-state index in [9.17, 15) is 5.11 Å². The maximum atomic E-state index is 10.1. The molecule has 0 unspecified atom stereocenters. The van der Waals surface area contributed by atoms with Crippen LogP contribution in [0.3, 0.4) is 0 Å². The van der Waals surface area contributed by atoms with Crippen LogP contribution in [0.4, 0.5) is 11.6 Å². The van der Waals surface area contributed by atoms with E-state index in [4.69, 9.17) is 0 Å². The molecule has 5 heteroatoms. The molecule has 0 aromatic carbocycles. The van der Waals surface area contributed by atoms with Gasteiger partial charge in [0.25, 0.3) is 0 Å². The standard InChI is InChI=1S/C13H24N4O/c1-7-14-10-9(2)11(16-8-15-10)17-12(3,4)13(5,6)18/h8,18H,7H2,1-6H3,(H2,14,15,16,17). The summed E-state index contributed by atoms with van der Waals surface area (Å²) >= 11 is 0. The minimum absolute atomic E-state index is 0.490. The zero-order chi connectivity index (χ0) is 14.0. The molecule has 0 aliphatic carbocycles. The predicted molar refractivity (Wildman–Crippen MR) is 74.9 cm³/mol. The topological polar surface area (TPSA) is 70.1 Å². The summed E-state index contributed by atoms with van der Waals surface area (Å²) in [6, 6.07) is 0. The van der Waals surface area contributed by atoms with Crippen molar-refractivity contribution in [2.45, 2.75) is 52.7 Å². The Balaban J connectivity index is 3.02. The monoisotopic (exact) mass is 252 g/mol. The van der Waals surface area contributed by atoms with Crippen LogP contribution < -0.4 is 10.6 Å². The average Bonchev–Trinajstić information content (AvgIpc) is 2.22. The Labute approximate surface area is 109 Å². The number of hydrogen-bond acceptors (Lipinski definition) is 5. The smallest absolute Gasteiger partial charge is 0.134 e. The molecule has 18 heavy (non-hydrogen) atoms. The minimum atomic E-state index is -0.858. The Kier molecular flexibility index (Phi) is 4.16. The molecule has 0 saturated carbocycles.